The molecule has 0 radical (unpaired) electrons. The van der Waals surface area contributed by atoms with E-state index in [9.17, 15) is 33.0 Å². The maximum atomic E-state index is 12.1. The number of ether oxygens (including phenoxy) is 1. The van der Waals surface area contributed by atoms with Crippen LogP contribution in [0.2, 0.25) is 0 Å². The van der Waals surface area contributed by atoms with Crippen LogP contribution in [0.25, 0.3) is 0 Å². The van der Waals surface area contributed by atoms with Crippen molar-refractivity contribution in [3.8, 4) is 0 Å². The number of amides is 1. The van der Waals surface area contributed by atoms with Crippen molar-refractivity contribution in [2.75, 3.05) is 6.61 Å². The highest BCUT2D eigenvalue weighted by Gasteiger charge is 2.30. The summed E-state index contributed by atoms with van der Waals surface area (Å²) < 4.78 is 34.2. The van der Waals surface area contributed by atoms with Gasteiger partial charge >= 0.3 is 18.0 Å². The number of carboxylic acids is 2. The van der Waals surface area contributed by atoms with E-state index < -0.39 is 52.1 Å². The SMILES string of the molecule is Cc1ccc(S(=O)(=O)OCCC[C@@H](C[C@H](NC(=O)OC(C)(C)C)C(=O)O)C(=O)O)cc1. The summed E-state index contributed by atoms with van der Waals surface area (Å²) in [4.78, 5) is 34.8. The summed E-state index contributed by atoms with van der Waals surface area (Å²) in [7, 11) is -3.98. The fourth-order valence-corrected chi connectivity index (χ4v) is 3.51. The van der Waals surface area contributed by atoms with Crippen molar-refractivity contribution >= 4 is 28.1 Å². The molecule has 0 saturated heterocycles. The van der Waals surface area contributed by atoms with E-state index in [0.717, 1.165) is 5.56 Å². The Morgan fingerprint density at radius 1 is 1.06 bits per heavy atom. The number of alkyl carbamates (subject to hydrolysis) is 1. The summed E-state index contributed by atoms with van der Waals surface area (Å²) in [6.45, 7) is 6.36. The van der Waals surface area contributed by atoms with Crippen molar-refractivity contribution in [1.29, 1.82) is 0 Å². The Bertz CT molecular complexity index is 873. The lowest BCUT2D eigenvalue weighted by atomic mass is 9.95. The van der Waals surface area contributed by atoms with Gasteiger partial charge in [-0.15, -0.1) is 0 Å². The van der Waals surface area contributed by atoms with Gasteiger partial charge in [0.15, 0.2) is 0 Å². The van der Waals surface area contributed by atoms with E-state index in [0.29, 0.717) is 0 Å². The second-order valence-electron chi connectivity index (χ2n) is 8.04. The molecule has 1 amide bonds. The van der Waals surface area contributed by atoms with Crippen molar-refractivity contribution in [2.24, 2.45) is 5.92 Å². The van der Waals surface area contributed by atoms with E-state index in [-0.39, 0.29) is 24.3 Å². The fraction of sp³-hybridized carbons (Fsp3) is 0.550. The second kappa shape index (κ2) is 11.1. The zero-order chi connectivity index (χ0) is 23.8. The molecule has 1 aromatic rings. The number of carbonyl (C=O) groups is 3. The standard InChI is InChI=1S/C20H29NO9S/c1-13-7-9-15(10-8-13)31(27,28)29-11-5-6-14(17(22)23)12-16(18(24)25)21-19(26)30-20(2,3)4/h7-10,14,16H,5-6,11-12H2,1-4H3,(H,21,26)(H,22,23)(H,24,25)/t14-,16-/m0/s1. The Kier molecular flexibility index (Phi) is 9.44. The summed E-state index contributed by atoms with van der Waals surface area (Å²) >= 11 is 0. The van der Waals surface area contributed by atoms with Gasteiger partial charge in [0, 0.05) is 0 Å². The van der Waals surface area contributed by atoms with E-state index in [1.54, 1.807) is 32.9 Å². The van der Waals surface area contributed by atoms with Gasteiger partial charge in [0.25, 0.3) is 10.1 Å². The van der Waals surface area contributed by atoms with Crippen LogP contribution in [0.5, 0.6) is 0 Å². The van der Waals surface area contributed by atoms with E-state index in [1.807, 2.05) is 6.92 Å². The quantitative estimate of drug-likeness (QED) is 0.334. The molecular formula is C20H29NO9S. The Balaban J connectivity index is 2.64. The number of carbonyl (C=O) groups excluding carboxylic acids is 1. The summed E-state index contributed by atoms with van der Waals surface area (Å²) in [5.41, 5.74) is 0.0378. The molecule has 0 spiro atoms. The van der Waals surface area contributed by atoms with Crippen LogP contribution in [-0.4, -0.2) is 54.9 Å². The van der Waals surface area contributed by atoms with Gasteiger partial charge in [0.05, 0.1) is 17.4 Å². The molecule has 0 heterocycles. The molecule has 1 aromatic carbocycles. The van der Waals surface area contributed by atoms with Crippen LogP contribution >= 0.6 is 0 Å². The largest absolute Gasteiger partial charge is 0.481 e. The van der Waals surface area contributed by atoms with Crippen molar-refractivity contribution in [3.63, 3.8) is 0 Å². The maximum absolute atomic E-state index is 12.1. The maximum Gasteiger partial charge on any atom is 0.408 e. The monoisotopic (exact) mass is 459 g/mol. The molecule has 11 heteroatoms. The molecule has 3 N–H and O–H groups in total. The third-order valence-electron chi connectivity index (χ3n) is 4.10. The molecule has 10 nitrogen and oxygen atoms in total. The molecule has 0 aromatic heterocycles. The first-order valence-corrected chi connectivity index (χ1v) is 11.0. The molecule has 1 rings (SSSR count). The van der Waals surface area contributed by atoms with Gasteiger partial charge in [-0.3, -0.25) is 8.98 Å². The minimum atomic E-state index is -3.98. The number of rotatable bonds is 11. The van der Waals surface area contributed by atoms with Crippen LogP contribution in [-0.2, 0) is 28.6 Å². The van der Waals surface area contributed by atoms with Gasteiger partial charge in [0.2, 0.25) is 0 Å². The number of hydrogen-bond acceptors (Lipinski definition) is 7. The highest BCUT2D eigenvalue weighted by atomic mass is 32.2. The predicted molar refractivity (Wildman–Crippen MR) is 110 cm³/mol. The van der Waals surface area contributed by atoms with Crippen molar-refractivity contribution < 1.29 is 41.9 Å². The Morgan fingerprint density at radius 3 is 2.13 bits per heavy atom. The van der Waals surface area contributed by atoms with Gasteiger partial charge in [-0.1, -0.05) is 17.7 Å². The number of aliphatic carboxylic acids is 2. The van der Waals surface area contributed by atoms with Crippen molar-refractivity contribution in [2.45, 2.75) is 63.5 Å². The number of aryl methyl sites for hydroxylation is 1. The van der Waals surface area contributed by atoms with Crippen LogP contribution in [0.4, 0.5) is 4.79 Å². The third-order valence-corrected chi connectivity index (χ3v) is 5.43. The van der Waals surface area contributed by atoms with Crippen LogP contribution in [0.3, 0.4) is 0 Å². The molecule has 2 atom stereocenters. The number of benzene rings is 1. The van der Waals surface area contributed by atoms with Gasteiger partial charge in [-0.25, -0.2) is 9.59 Å². The molecule has 0 bridgehead atoms. The van der Waals surface area contributed by atoms with Gasteiger partial charge < -0.3 is 20.3 Å². The average Bonchev–Trinajstić information content (AvgIpc) is 2.61. The molecule has 0 aliphatic heterocycles. The van der Waals surface area contributed by atoms with E-state index in [1.165, 1.54) is 12.1 Å². The summed E-state index contributed by atoms with van der Waals surface area (Å²) in [5, 5.41) is 20.8. The van der Waals surface area contributed by atoms with E-state index in [2.05, 4.69) is 5.32 Å². The Labute approximate surface area is 181 Å². The highest BCUT2D eigenvalue weighted by Crippen LogP contribution is 2.18. The summed E-state index contributed by atoms with van der Waals surface area (Å²) in [6.07, 6.45) is -1.36. The summed E-state index contributed by atoms with van der Waals surface area (Å²) in [5.74, 6) is -3.81. The molecule has 0 aliphatic rings. The molecule has 0 unspecified atom stereocenters. The van der Waals surface area contributed by atoms with Crippen molar-refractivity contribution in [3.05, 3.63) is 29.8 Å². The lowest BCUT2D eigenvalue weighted by Gasteiger charge is -2.23. The molecule has 0 fully saturated rings. The van der Waals surface area contributed by atoms with Crippen LogP contribution < -0.4 is 5.32 Å². The van der Waals surface area contributed by atoms with Crippen LogP contribution in [0.15, 0.2) is 29.2 Å². The fourth-order valence-electron chi connectivity index (χ4n) is 2.57. The van der Waals surface area contributed by atoms with Crippen LogP contribution in [0, 0.1) is 12.8 Å². The number of hydrogen-bond donors (Lipinski definition) is 3. The lowest BCUT2D eigenvalue weighted by molar-refractivity contribution is -0.144. The van der Waals surface area contributed by atoms with Crippen LogP contribution in [0.1, 0.15) is 45.6 Å². The number of nitrogens with one attached hydrogen (secondary N) is 1. The predicted octanol–water partition coefficient (Wildman–Crippen LogP) is 2.55. The minimum Gasteiger partial charge on any atom is -0.481 e. The second-order valence-corrected chi connectivity index (χ2v) is 9.65. The first-order chi connectivity index (χ1) is 14.2. The van der Waals surface area contributed by atoms with Gasteiger partial charge in [0.1, 0.15) is 11.6 Å². The molecular weight excluding hydrogens is 430 g/mol. The first-order valence-electron chi connectivity index (χ1n) is 9.62. The zero-order valence-corrected chi connectivity index (χ0v) is 18.8. The molecule has 31 heavy (non-hydrogen) atoms. The minimum absolute atomic E-state index is 0.0135. The van der Waals surface area contributed by atoms with Gasteiger partial charge in [-0.2, -0.15) is 8.42 Å². The van der Waals surface area contributed by atoms with E-state index >= 15 is 0 Å². The lowest BCUT2D eigenvalue weighted by Crippen LogP contribution is -2.45. The average molecular weight is 460 g/mol. The van der Waals surface area contributed by atoms with E-state index in [4.69, 9.17) is 8.92 Å². The smallest absolute Gasteiger partial charge is 0.408 e. The normalized spacial score (nSPS) is 13.8. The topological polar surface area (TPSA) is 156 Å². The zero-order valence-electron chi connectivity index (χ0n) is 18.0. The highest BCUT2D eigenvalue weighted by molar-refractivity contribution is 7.86. The molecule has 174 valence electrons. The Hall–Kier alpha value is -2.66. The molecule has 0 saturated carbocycles. The first kappa shape index (κ1) is 26.4. The van der Waals surface area contributed by atoms with Gasteiger partial charge in [-0.05, 0) is 59.1 Å². The third kappa shape index (κ3) is 9.79. The number of carboxylic acid groups (broad SMARTS) is 2. The molecule has 0 aliphatic carbocycles. The van der Waals surface area contributed by atoms with Crippen molar-refractivity contribution in [1.82, 2.24) is 5.32 Å². The summed E-state index contributed by atoms with van der Waals surface area (Å²) in [6, 6.07) is 4.59. The Morgan fingerprint density at radius 2 is 1.65 bits per heavy atom.